The number of rotatable bonds is 5. The van der Waals surface area contributed by atoms with Crippen LogP contribution in [0.4, 0.5) is 11.6 Å². The largest absolute Gasteiger partial charge is 0.465 e. The SMILES string of the molecule is COC(=O)c1ccc(-c2nc(Nc3cnn(C4CC5CCC(C4)N5)c3)ncc2C)cc1. The number of esters is 1. The molecule has 2 N–H and O–H groups in total. The number of methoxy groups -OCH3 is 1. The third kappa shape index (κ3) is 4.03. The van der Waals surface area contributed by atoms with Crippen LogP contribution in [-0.2, 0) is 4.74 Å². The molecule has 31 heavy (non-hydrogen) atoms. The maximum Gasteiger partial charge on any atom is 0.337 e. The number of ether oxygens (including phenoxy) is 1. The van der Waals surface area contributed by atoms with Gasteiger partial charge in [0.25, 0.3) is 0 Å². The van der Waals surface area contributed by atoms with Crippen LogP contribution in [0.15, 0.2) is 42.9 Å². The highest BCUT2D eigenvalue weighted by atomic mass is 16.5. The molecule has 5 rings (SSSR count). The normalized spacial score (nSPS) is 22.3. The third-order valence-corrected chi connectivity index (χ3v) is 6.23. The predicted octanol–water partition coefficient (Wildman–Crippen LogP) is 3.63. The molecule has 3 aromatic rings. The van der Waals surface area contributed by atoms with Gasteiger partial charge in [-0.05, 0) is 50.3 Å². The fraction of sp³-hybridized carbons (Fsp3) is 0.391. The Morgan fingerprint density at radius 3 is 2.61 bits per heavy atom. The van der Waals surface area contributed by atoms with Crippen molar-refractivity contribution in [2.45, 2.75) is 50.7 Å². The molecular formula is C23H26N6O2. The van der Waals surface area contributed by atoms with E-state index in [9.17, 15) is 4.79 Å². The molecule has 160 valence electrons. The second-order valence-electron chi connectivity index (χ2n) is 8.39. The lowest BCUT2D eigenvalue weighted by Gasteiger charge is -2.29. The van der Waals surface area contributed by atoms with E-state index in [1.54, 1.807) is 18.3 Å². The van der Waals surface area contributed by atoms with Gasteiger partial charge in [0.1, 0.15) is 0 Å². The van der Waals surface area contributed by atoms with E-state index >= 15 is 0 Å². The molecule has 0 radical (unpaired) electrons. The summed E-state index contributed by atoms with van der Waals surface area (Å²) in [5.74, 6) is 0.162. The van der Waals surface area contributed by atoms with Crippen LogP contribution < -0.4 is 10.6 Å². The number of fused-ring (bicyclic) bond motifs is 2. The lowest BCUT2D eigenvalue weighted by Crippen LogP contribution is -2.38. The highest BCUT2D eigenvalue weighted by molar-refractivity contribution is 5.89. The minimum Gasteiger partial charge on any atom is -0.465 e. The number of aromatic nitrogens is 4. The van der Waals surface area contributed by atoms with Gasteiger partial charge < -0.3 is 15.4 Å². The van der Waals surface area contributed by atoms with E-state index in [1.807, 2.05) is 31.5 Å². The molecule has 0 saturated carbocycles. The van der Waals surface area contributed by atoms with Crippen molar-refractivity contribution in [3.8, 4) is 11.3 Å². The Morgan fingerprint density at radius 1 is 1.16 bits per heavy atom. The summed E-state index contributed by atoms with van der Waals surface area (Å²) in [5, 5.41) is 11.5. The average molecular weight is 419 g/mol. The zero-order chi connectivity index (χ0) is 21.4. The van der Waals surface area contributed by atoms with Crippen molar-refractivity contribution in [3.05, 3.63) is 54.0 Å². The fourth-order valence-electron chi connectivity index (χ4n) is 4.65. The number of nitrogens with one attached hydrogen (secondary N) is 2. The molecule has 2 saturated heterocycles. The van der Waals surface area contributed by atoms with Crippen LogP contribution >= 0.6 is 0 Å². The molecule has 2 aromatic heterocycles. The standard InChI is InChI=1S/C23H26N6O2/c1-14-11-24-23(28-21(14)15-3-5-16(6-4-15)22(30)31-2)27-19-12-25-29(13-19)20-9-17-7-8-18(10-20)26-17/h3-6,11-13,17-18,20,26H,7-10H2,1-2H3,(H,24,27,28). The van der Waals surface area contributed by atoms with E-state index in [4.69, 9.17) is 9.72 Å². The van der Waals surface area contributed by atoms with Crippen molar-refractivity contribution in [3.63, 3.8) is 0 Å². The van der Waals surface area contributed by atoms with E-state index in [1.165, 1.54) is 20.0 Å². The Hall–Kier alpha value is -3.26. The first-order valence-electron chi connectivity index (χ1n) is 10.7. The summed E-state index contributed by atoms with van der Waals surface area (Å²) in [6.07, 6.45) is 10.5. The summed E-state index contributed by atoms with van der Waals surface area (Å²) in [5.41, 5.74) is 4.07. The number of piperidine rings is 1. The molecule has 2 fully saturated rings. The van der Waals surface area contributed by atoms with Gasteiger partial charge >= 0.3 is 5.97 Å². The smallest absolute Gasteiger partial charge is 0.337 e. The van der Waals surface area contributed by atoms with Crippen LogP contribution in [0.1, 0.15) is 47.6 Å². The van der Waals surface area contributed by atoms with Gasteiger partial charge in [-0.15, -0.1) is 0 Å². The van der Waals surface area contributed by atoms with Gasteiger partial charge in [0.05, 0.1) is 36.3 Å². The minimum absolute atomic E-state index is 0.355. The number of carbonyl (C=O) groups is 1. The number of carbonyl (C=O) groups excluding carboxylic acids is 1. The van der Waals surface area contributed by atoms with Gasteiger partial charge in [-0.3, -0.25) is 4.68 Å². The van der Waals surface area contributed by atoms with Crippen molar-refractivity contribution in [2.24, 2.45) is 0 Å². The molecule has 8 nitrogen and oxygen atoms in total. The van der Waals surface area contributed by atoms with E-state index in [0.29, 0.717) is 29.6 Å². The molecular weight excluding hydrogens is 392 g/mol. The lowest BCUT2D eigenvalue weighted by atomic mass is 10.0. The Labute approximate surface area is 181 Å². The van der Waals surface area contributed by atoms with Gasteiger partial charge in [0, 0.05) is 30.0 Å². The maximum atomic E-state index is 11.7. The number of anilines is 2. The Balaban J connectivity index is 1.33. The van der Waals surface area contributed by atoms with Crippen molar-refractivity contribution in [1.29, 1.82) is 0 Å². The van der Waals surface area contributed by atoms with Crippen molar-refractivity contribution < 1.29 is 9.53 Å². The number of hydrogen-bond donors (Lipinski definition) is 2. The molecule has 2 aliphatic rings. The van der Waals surface area contributed by atoms with Crippen molar-refractivity contribution >= 4 is 17.6 Å². The predicted molar refractivity (Wildman–Crippen MR) is 117 cm³/mol. The second-order valence-corrected chi connectivity index (χ2v) is 8.39. The van der Waals surface area contributed by atoms with Crippen LogP contribution in [0.5, 0.6) is 0 Å². The first-order valence-corrected chi connectivity index (χ1v) is 10.7. The quantitative estimate of drug-likeness (QED) is 0.611. The Kier molecular flexibility index (Phi) is 5.15. The maximum absolute atomic E-state index is 11.7. The van der Waals surface area contributed by atoms with Crippen LogP contribution in [0.3, 0.4) is 0 Å². The summed E-state index contributed by atoms with van der Waals surface area (Å²) in [6, 6.07) is 8.91. The van der Waals surface area contributed by atoms with Crippen LogP contribution in [0.2, 0.25) is 0 Å². The van der Waals surface area contributed by atoms with E-state index in [2.05, 4.69) is 25.4 Å². The first kappa shape index (κ1) is 19.7. The summed E-state index contributed by atoms with van der Waals surface area (Å²) in [4.78, 5) is 20.8. The third-order valence-electron chi connectivity index (χ3n) is 6.23. The molecule has 0 spiro atoms. The Bertz CT molecular complexity index is 1080. The van der Waals surface area contributed by atoms with Crippen LogP contribution in [0, 0.1) is 6.92 Å². The molecule has 8 heteroatoms. The topological polar surface area (TPSA) is 94.0 Å². The summed E-state index contributed by atoms with van der Waals surface area (Å²) in [7, 11) is 1.38. The molecule has 2 aliphatic heterocycles. The van der Waals surface area contributed by atoms with Gasteiger partial charge in [-0.2, -0.15) is 5.10 Å². The highest BCUT2D eigenvalue weighted by Crippen LogP contribution is 2.34. The number of nitrogens with zero attached hydrogens (tertiary/aromatic N) is 4. The monoisotopic (exact) mass is 418 g/mol. The van der Waals surface area contributed by atoms with Crippen molar-refractivity contribution in [1.82, 2.24) is 25.1 Å². The molecule has 4 heterocycles. The van der Waals surface area contributed by atoms with Crippen LogP contribution in [-0.4, -0.2) is 44.9 Å². The molecule has 0 aliphatic carbocycles. The molecule has 0 amide bonds. The average Bonchev–Trinajstić information content (AvgIpc) is 3.40. The molecule has 2 atom stereocenters. The van der Waals surface area contributed by atoms with E-state index in [-0.39, 0.29) is 5.97 Å². The lowest BCUT2D eigenvalue weighted by molar-refractivity contribution is 0.0600. The first-order chi connectivity index (χ1) is 15.1. The summed E-state index contributed by atoms with van der Waals surface area (Å²) >= 11 is 0. The zero-order valence-corrected chi connectivity index (χ0v) is 17.7. The van der Waals surface area contributed by atoms with Gasteiger partial charge in [-0.1, -0.05) is 12.1 Å². The molecule has 1 aromatic carbocycles. The second kappa shape index (κ2) is 8.11. The van der Waals surface area contributed by atoms with E-state index in [0.717, 1.165) is 35.3 Å². The number of benzene rings is 1. The van der Waals surface area contributed by atoms with Crippen LogP contribution in [0.25, 0.3) is 11.3 Å². The Morgan fingerprint density at radius 2 is 1.90 bits per heavy atom. The van der Waals surface area contributed by atoms with Gasteiger partial charge in [0.15, 0.2) is 0 Å². The fourth-order valence-corrected chi connectivity index (χ4v) is 4.65. The zero-order valence-electron chi connectivity index (χ0n) is 17.7. The molecule has 2 unspecified atom stereocenters. The van der Waals surface area contributed by atoms with Gasteiger partial charge in [0.2, 0.25) is 5.95 Å². The summed E-state index contributed by atoms with van der Waals surface area (Å²) in [6.45, 7) is 1.97. The van der Waals surface area contributed by atoms with Crippen molar-refractivity contribution in [2.75, 3.05) is 12.4 Å². The highest BCUT2D eigenvalue weighted by Gasteiger charge is 2.34. The van der Waals surface area contributed by atoms with E-state index < -0.39 is 0 Å². The summed E-state index contributed by atoms with van der Waals surface area (Å²) < 4.78 is 6.84. The minimum atomic E-state index is -0.355. The molecule has 2 bridgehead atoms. The number of hydrogen-bond acceptors (Lipinski definition) is 7. The number of aryl methyl sites for hydroxylation is 1. The van der Waals surface area contributed by atoms with Gasteiger partial charge in [-0.25, -0.2) is 14.8 Å².